The number of allylic oxidation sites excluding steroid dienone is 1. The molecule has 1 saturated carbocycles. The number of hydrogen-bond acceptors (Lipinski definition) is 1. The molecule has 1 aliphatic rings. The van der Waals surface area contributed by atoms with Gasteiger partial charge in [-0.25, -0.2) is 0 Å². The van der Waals surface area contributed by atoms with Crippen LogP contribution in [0.25, 0.3) is 0 Å². The Bertz CT molecular complexity index is 203. The molecule has 0 heterocycles. The van der Waals surface area contributed by atoms with E-state index in [1.54, 1.807) is 0 Å². The van der Waals surface area contributed by atoms with Crippen molar-refractivity contribution in [1.82, 2.24) is 0 Å². The van der Waals surface area contributed by atoms with E-state index in [0.717, 1.165) is 19.3 Å². The summed E-state index contributed by atoms with van der Waals surface area (Å²) in [6.07, 6.45) is -0.616. The van der Waals surface area contributed by atoms with Crippen LogP contribution < -0.4 is 0 Å². The molecule has 0 amide bonds. The van der Waals surface area contributed by atoms with Crippen molar-refractivity contribution in [3.63, 3.8) is 0 Å². The summed E-state index contributed by atoms with van der Waals surface area (Å²) in [5.41, 5.74) is 0. The number of halogens is 4. The SMILES string of the molecule is FC(=COC1CCCCC1)C(F)(F)F. The number of hydrogen-bond donors (Lipinski definition) is 0. The van der Waals surface area contributed by atoms with Crippen LogP contribution >= 0.6 is 0 Å². The fourth-order valence-corrected chi connectivity index (χ4v) is 1.42. The number of rotatable bonds is 2. The maximum absolute atomic E-state index is 12.3. The molecule has 0 aromatic heterocycles. The molecule has 1 aliphatic carbocycles. The van der Waals surface area contributed by atoms with Gasteiger partial charge in [-0.1, -0.05) is 6.42 Å². The molecular formula is C9H12F4O. The lowest BCUT2D eigenvalue weighted by molar-refractivity contribution is -0.112. The first-order chi connectivity index (χ1) is 6.50. The van der Waals surface area contributed by atoms with Crippen LogP contribution in [0.4, 0.5) is 17.6 Å². The van der Waals surface area contributed by atoms with Crippen LogP contribution in [-0.2, 0) is 4.74 Å². The fraction of sp³-hybridized carbons (Fsp3) is 0.778. The third-order valence-corrected chi connectivity index (χ3v) is 2.19. The van der Waals surface area contributed by atoms with Crippen molar-refractivity contribution in [1.29, 1.82) is 0 Å². The molecule has 0 aromatic rings. The topological polar surface area (TPSA) is 9.23 Å². The summed E-state index contributed by atoms with van der Waals surface area (Å²) in [6, 6.07) is 0. The van der Waals surface area contributed by atoms with E-state index < -0.39 is 12.0 Å². The lowest BCUT2D eigenvalue weighted by Crippen LogP contribution is -2.15. The Morgan fingerprint density at radius 2 is 1.71 bits per heavy atom. The van der Waals surface area contributed by atoms with Crippen LogP contribution in [0.5, 0.6) is 0 Å². The van der Waals surface area contributed by atoms with Crippen LogP contribution in [-0.4, -0.2) is 12.3 Å². The molecule has 0 bridgehead atoms. The maximum atomic E-state index is 12.3. The Labute approximate surface area is 79.7 Å². The van der Waals surface area contributed by atoms with E-state index in [-0.39, 0.29) is 12.4 Å². The first-order valence-electron chi connectivity index (χ1n) is 4.58. The molecule has 0 spiro atoms. The van der Waals surface area contributed by atoms with E-state index in [1.807, 2.05) is 0 Å². The third-order valence-electron chi connectivity index (χ3n) is 2.19. The van der Waals surface area contributed by atoms with E-state index in [4.69, 9.17) is 4.74 Å². The van der Waals surface area contributed by atoms with Gasteiger partial charge in [0.2, 0.25) is 5.83 Å². The zero-order valence-electron chi connectivity index (χ0n) is 7.61. The van der Waals surface area contributed by atoms with Crippen molar-refractivity contribution in [3.8, 4) is 0 Å². The van der Waals surface area contributed by atoms with E-state index in [1.165, 1.54) is 0 Å². The van der Waals surface area contributed by atoms with Gasteiger partial charge in [0.05, 0.1) is 6.10 Å². The molecule has 0 N–H and O–H groups in total. The highest BCUT2D eigenvalue weighted by Crippen LogP contribution is 2.27. The lowest BCUT2D eigenvalue weighted by atomic mass is 9.98. The first kappa shape index (κ1) is 11.3. The fourth-order valence-electron chi connectivity index (χ4n) is 1.42. The van der Waals surface area contributed by atoms with E-state index >= 15 is 0 Å². The van der Waals surface area contributed by atoms with Crippen molar-refractivity contribution in [2.24, 2.45) is 0 Å². The second-order valence-electron chi connectivity index (χ2n) is 3.36. The number of alkyl halides is 3. The summed E-state index contributed by atoms with van der Waals surface area (Å²) in [6.45, 7) is 0. The van der Waals surface area contributed by atoms with Crippen molar-refractivity contribution in [2.45, 2.75) is 44.4 Å². The molecule has 1 fully saturated rings. The van der Waals surface area contributed by atoms with Crippen molar-refractivity contribution in [3.05, 3.63) is 12.1 Å². The molecule has 1 nitrogen and oxygen atoms in total. The molecule has 0 radical (unpaired) electrons. The highest BCUT2D eigenvalue weighted by molar-refractivity contribution is 4.94. The van der Waals surface area contributed by atoms with Crippen LogP contribution in [0.3, 0.4) is 0 Å². The molecule has 1 rings (SSSR count). The lowest BCUT2D eigenvalue weighted by Gasteiger charge is -2.20. The molecule has 82 valence electrons. The third kappa shape index (κ3) is 3.55. The van der Waals surface area contributed by atoms with Gasteiger partial charge < -0.3 is 4.74 Å². The Balaban J connectivity index is 2.37. The van der Waals surface area contributed by atoms with Crippen LogP contribution in [0.15, 0.2) is 12.1 Å². The van der Waals surface area contributed by atoms with Gasteiger partial charge >= 0.3 is 6.18 Å². The van der Waals surface area contributed by atoms with E-state index in [0.29, 0.717) is 12.8 Å². The zero-order chi connectivity index (χ0) is 10.6. The molecule has 0 aromatic carbocycles. The highest BCUT2D eigenvalue weighted by atomic mass is 19.4. The van der Waals surface area contributed by atoms with Gasteiger partial charge in [0.1, 0.15) is 6.26 Å². The summed E-state index contributed by atoms with van der Waals surface area (Å²) in [7, 11) is 0. The minimum absolute atomic E-state index is 0.190. The van der Waals surface area contributed by atoms with Gasteiger partial charge in [-0.05, 0) is 25.7 Å². The summed E-state index contributed by atoms with van der Waals surface area (Å²) in [4.78, 5) is 0. The summed E-state index contributed by atoms with van der Waals surface area (Å²) in [5, 5.41) is 0. The zero-order valence-corrected chi connectivity index (χ0v) is 7.61. The first-order valence-corrected chi connectivity index (χ1v) is 4.58. The standard InChI is InChI=1S/C9H12F4O/c10-8(9(11,12)13)6-14-7-4-2-1-3-5-7/h6-7H,1-5H2. The molecule has 0 aliphatic heterocycles. The average molecular weight is 212 g/mol. The van der Waals surface area contributed by atoms with E-state index in [9.17, 15) is 17.6 Å². The summed E-state index contributed by atoms with van der Waals surface area (Å²) >= 11 is 0. The molecule has 0 atom stereocenters. The second kappa shape index (κ2) is 4.66. The number of ether oxygens (including phenoxy) is 1. The van der Waals surface area contributed by atoms with Crippen molar-refractivity contribution < 1.29 is 22.3 Å². The normalized spacial score (nSPS) is 21.0. The predicted molar refractivity (Wildman–Crippen MR) is 43.2 cm³/mol. The summed E-state index contributed by atoms with van der Waals surface area (Å²) in [5.74, 6) is -2.16. The van der Waals surface area contributed by atoms with Gasteiger partial charge in [0.15, 0.2) is 0 Å². The summed E-state index contributed by atoms with van der Waals surface area (Å²) < 4.78 is 52.0. The van der Waals surface area contributed by atoms with Crippen LogP contribution in [0, 0.1) is 0 Å². The van der Waals surface area contributed by atoms with Gasteiger partial charge in [0, 0.05) is 0 Å². The highest BCUT2D eigenvalue weighted by Gasteiger charge is 2.35. The minimum atomic E-state index is -4.92. The second-order valence-corrected chi connectivity index (χ2v) is 3.36. The van der Waals surface area contributed by atoms with Gasteiger partial charge in [-0.3, -0.25) is 0 Å². The Morgan fingerprint density at radius 3 is 2.21 bits per heavy atom. The quantitative estimate of drug-likeness (QED) is 0.500. The van der Waals surface area contributed by atoms with Crippen LogP contribution in [0.1, 0.15) is 32.1 Å². The average Bonchev–Trinajstić information content (AvgIpc) is 2.14. The Morgan fingerprint density at radius 1 is 1.14 bits per heavy atom. The minimum Gasteiger partial charge on any atom is -0.495 e. The van der Waals surface area contributed by atoms with Crippen LogP contribution in [0.2, 0.25) is 0 Å². The molecular weight excluding hydrogens is 200 g/mol. The monoisotopic (exact) mass is 212 g/mol. The van der Waals surface area contributed by atoms with Crippen molar-refractivity contribution >= 4 is 0 Å². The van der Waals surface area contributed by atoms with Gasteiger partial charge in [0.25, 0.3) is 0 Å². The maximum Gasteiger partial charge on any atom is 0.446 e. The molecule has 0 saturated heterocycles. The molecule has 5 heteroatoms. The smallest absolute Gasteiger partial charge is 0.446 e. The largest absolute Gasteiger partial charge is 0.495 e. The molecule has 14 heavy (non-hydrogen) atoms. The Kier molecular flexibility index (Phi) is 3.77. The van der Waals surface area contributed by atoms with Crippen molar-refractivity contribution in [2.75, 3.05) is 0 Å². The van der Waals surface area contributed by atoms with Gasteiger partial charge in [-0.15, -0.1) is 0 Å². The van der Waals surface area contributed by atoms with Gasteiger partial charge in [-0.2, -0.15) is 17.6 Å². The molecule has 0 unspecified atom stereocenters. The Hall–Kier alpha value is -0.740. The van der Waals surface area contributed by atoms with E-state index in [2.05, 4.69) is 0 Å². The predicted octanol–water partition coefficient (Wildman–Crippen LogP) is 3.71.